The summed E-state index contributed by atoms with van der Waals surface area (Å²) in [6.07, 6.45) is 3.09. The van der Waals surface area contributed by atoms with Crippen molar-refractivity contribution in [1.82, 2.24) is 20.1 Å². The number of hydrogen-bond acceptors (Lipinski definition) is 3. The SMILES string of the molecule is CCCNCc1ccc(-n2ccc(C)n2)nc1C. The number of rotatable bonds is 5. The Hall–Kier alpha value is -1.68. The van der Waals surface area contributed by atoms with Crippen LogP contribution in [0.2, 0.25) is 0 Å². The summed E-state index contributed by atoms with van der Waals surface area (Å²) in [5, 5.41) is 7.76. The van der Waals surface area contributed by atoms with E-state index in [0.29, 0.717) is 0 Å². The van der Waals surface area contributed by atoms with E-state index >= 15 is 0 Å². The van der Waals surface area contributed by atoms with Crippen LogP contribution in [0.25, 0.3) is 5.82 Å². The highest BCUT2D eigenvalue weighted by Gasteiger charge is 2.04. The summed E-state index contributed by atoms with van der Waals surface area (Å²) in [5.74, 6) is 0.875. The number of aromatic nitrogens is 3. The van der Waals surface area contributed by atoms with Crippen LogP contribution in [-0.2, 0) is 6.54 Å². The van der Waals surface area contributed by atoms with Crippen molar-refractivity contribution in [3.05, 3.63) is 41.3 Å². The number of nitrogens with one attached hydrogen (secondary N) is 1. The molecule has 4 nitrogen and oxygen atoms in total. The maximum absolute atomic E-state index is 4.60. The maximum Gasteiger partial charge on any atom is 0.153 e. The van der Waals surface area contributed by atoms with Gasteiger partial charge in [0, 0.05) is 18.4 Å². The fraction of sp³-hybridized carbons (Fsp3) is 0.429. The highest BCUT2D eigenvalue weighted by atomic mass is 15.3. The van der Waals surface area contributed by atoms with Gasteiger partial charge in [0.05, 0.1) is 5.69 Å². The summed E-state index contributed by atoms with van der Waals surface area (Å²) in [4.78, 5) is 4.60. The van der Waals surface area contributed by atoms with Crippen molar-refractivity contribution < 1.29 is 0 Å². The van der Waals surface area contributed by atoms with Gasteiger partial charge in [-0.1, -0.05) is 13.0 Å². The zero-order chi connectivity index (χ0) is 13.0. The van der Waals surface area contributed by atoms with Crippen LogP contribution in [0.4, 0.5) is 0 Å². The second-order valence-corrected chi connectivity index (χ2v) is 4.49. The van der Waals surface area contributed by atoms with Gasteiger partial charge in [-0.3, -0.25) is 0 Å². The van der Waals surface area contributed by atoms with Gasteiger partial charge in [-0.2, -0.15) is 5.10 Å². The van der Waals surface area contributed by atoms with E-state index < -0.39 is 0 Å². The fourth-order valence-electron chi connectivity index (χ4n) is 1.83. The van der Waals surface area contributed by atoms with Gasteiger partial charge in [-0.25, -0.2) is 9.67 Å². The van der Waals surface area contributed by atoms with Crippen LogP contribution in [0.3, 0.4) is 0 Å². The van der Waals surface area contributed by atoms with Crippen molar-refractivity contribution in [2.24, 2.45) is 0 Å². The molecule has 0 radical (unpaired) electrons. The van der Waals surface area contributed by atoms with Crippen molar-refractivity contribution in [3.63, 3.8) is 0 Å². The fourth-order valence-corrected chi connectivity index (χ4v) is 1.83. The van der Waals surface area contributed by atoms with Crippen molar-refractivity contribution in [3.8, 4) is 5.82 Å². The molecule has 0 aliphatic rings. The molecule has 0 aromatic carbocycles. The predicted octanol–water partition coefficient (Wildman–Crippen LogP) is 2.38. The minimum absolute atomic E-state index is 0.875. The number of aryl methyl sites for hydroxylation is 2. The maximum atomic E-state index is 4.60. The second kappa shape index (κ2) is 5.78. The Morgan fingerprint density at radius 1 is 1.22 bits per heavy atom. The molecule has 2 aromatic rings. The van der Waals surface area contributed by atoms with Gasteiger partial charge in [0.15, 0.2) is 5.82 Å². The smallest absolute Gasteiger partial charge is 0.153 e. The van der Waals surface area contributed by atoms with E-state index in [2.05, 4.69) is 28.4 Å². The van der Waals surface area contributed by atoms with Crippen molar-refractivity contribution in [2.45, 2.75) is 33.7 Å². The van der Waals surface area contributed by atoms with E-state index in [9.17, 15) is 0 Å². The first-order chi connectivity index (χ1) is 8.70. The molecule has 0 spiro atoms. The van der Waals surface area contributed by atoms with Crippen molar-refractivity contribution in [2.75, 3.05) is 6.54 Å². The Morgan fingerprint density at radius 2 is 2.06 bits per heavy atom. The lowest BCUT2D eigenvalue weighted by atomic mass is 10.2. The van der Waals surface area contributed by atoms with Gasteiger partial charge in [0.2, 0.25) is 0 Å². The van der Waals surface area contributed by atoms with Crippen LogP contribution in [0, 0.1) is 13.8 Å². The summed E-state index contributed by atoms with van der Waals surface area (Å²) in [7, 11) is 0. The first-order valence-corrected chi connectivity index (χ1v) is 6.40. The quantitative estimate of drug-likeness (QED) is 0.821. The largest absolute Gasteiger partial charge is 0.313 e. The van der Waals surface area contributed by atoms with Crippen LogP contribution in [-0.4, -0.2) is 21.3 Å². The summed E-state index contributed by atoms with van der Waals surface area (Å²) in [5.41, 5.74) is 3.31. The van der Waals surface area contributed by atoms with Gasteiger partial charge < -0.3 is 5.32 Å². The summed E-state index contributed by atoms with van der Waals surface area (Å²) >= 11 is 0. The zero-order valence-corrected chi connectivity index (χ0v) is 11.3. The molecule has 0 amide bonds. The molecule has 0 atom stereocenters. The Balaban J connectivity index is 2.14. The Morgan fingerprint density at radius 3 is 2.67 bits per heavy atom. The molecular formula is C14H20N4. The van der Waals surface area contributed by atoms with Gasteiger partial charge in [0.1, 0.15) is 0 Å². The molecule has 0 unspecified atom stereocenters. The minimum Gasteiger partial charge on any atom is -0.313 e. The summed E-state index contributed by atoms with van der Waals surface area (Å²) in [6.45, 7) is 8.11. The molecule has 4 heteroatoms. The standard InChI is InChI=1S/C14H20N4/c1-4-8-15-10-13-5-6-14(16-12(13)3)18-9-7-11(2)17-18/h5-7,9,15H,4,8,10H2,1-3H3. The van der Waals surface area contributed by atoms with Crippen LogP contribution in [0.15, 0.2) is 24.4 Å². The van der Waals surface area contributed by atoms with Crippen LogP contribution >= 0.6 is 0 Å². The molecule has 2 aromatic heterocycles. The molecule has 0 saturated heterocycles. The normalized spacial score (nSPS) is 10.8. The Bertz CT molecular complexity index is 516. The monoisotopic (exact) mass is 244 g/mol. The first kappa shape index (κ1) is 12.8. The highest BCUT2D eigenvalue weighted by Crippen LogP contribution is 2.10. The highest BCUT2D eigenvalue weighted by molar-refractivity contribution is 5.29. The molecule has 1 N–H and O–H groups in total. The molecule has 0 bridgehead atoms. The van der Waals surface area contributed by atoms with Crippen LogP contribution < -0.4 is 5.32 Å². The summed E-state index contributed by atoms with van der Waals surface area (Å²) < 4.78 is 1.81. The molecule has 2 heterocycles. The van der Waals surface area contributed by atoms with E-state index in [1.165, 1.54) is 5.56 Å². The molecule has 18 heavy (non-hydrogen) atoms. The molecule has 0 aliphatic carbocycles. The van der Waals surface area contributed by atoms with Crippen LogP contribution in [0.1, 0.15) is 30.3 Å². The van der Waals surface area contributed by atoms with Gasteiger partial charge in [0.25, 0.3) is 0 Å². The predicted molar refractivity (Wildman–Crippen MR) is 72.8 cm³/mol. The van der Waals surface area contributed by atoms with E-state index in [4.69, 9.17) is 0 Å². The van der Waals surface area contributed by atoms with E-state index in [1.54, 1.807) is 0 Å². The third-order valence-electron chi connectivity index (χ3n) is 2.88. The molecule has 96 valence electrons. The molecule has 0 fully saturated rings. The van der Waals surface area contributed by atoms with Crippen molar-refractivity contribution >= 4 is 0 Å². The lowest BCUT2D eigenvalue weighted by Crippen LogP contribution is -2.15. The topological polar surface area (TPSA) is 42.7 Å². The van der Waals surface area contributed by atoms with Gasteiger partial charge >= 0.3 is 0 Å². The Kier molecular flexibility index (Phi) is 4.10. The van der Waals surface area contributed by atoms with E-state index in [1.807, 2.05) is 36.9 Å². The molecule has 0 saturated carbocycles. The minimum atomic E-state index is 0.875. The molecular weight excluding hydrogens is 224 g/mol. The Labute approximate surface area is 108 Å². The zero-order valence-electron chi connectivity index (χ0n) is 11.3. The molecule has 2 rings (SSSR count). The second-order valence-electron chi connectivity index (χ2n) is 4.49. The third-order valence-corrected chi connectivity index (χ3v) is 2.88. The summed E-state index contributed by atoms with van der Waals surface area (Å²) in [6, 6.07) is 6.12. The lowest BCUT2D eigenvalue weighted by Gasteiger charge is -2.08. The van der Waals surface area contributed by atoms with Crippen LogP contribution in [0.5, 0.6) is 0 Å². The van der Waals surface area contributed by atoms with Gasteiger partial charge in [-0.15, -0.1) is 0 Å². The average molecular weight is 244 g/mol. The lowest BCUT2D eigenvalue weighted by molar-refractivity contribution is 0.670. The van der Waals surface area contributed by atoms with E-state index in [0.717, 1.165) is 36.7 Å². The van der Waals surface area contributed by atoms with Gasteiger partial charge in [-0.05, 0) is 44.5 Å². The van der Waals surface area contributed by atoms with Crippen molar-refractivity contribution in [1.29, 1.82) is 0 Å². The number of nitrogens with zero attached hydrogens (tertiary/aromatic N) is 3. The average Bonchev–Trinajstić information content (AvgIpc) is 2.78. The number of hydrogen-bond donors (Lipinski definition) is 1. The number of pyridine rings is 1. The van der Waals surface area contributed by atoms with E-state index in [-0.39, 0.29) is 0 Å². The third kappa shape index (κ3) is 2.96. The first-order valence-electron chi connectivity index (χ1n) is 6.40. The molecule has 0 aliphatic heterocycles.